The molecule has 1 saturated heterocycles. The Morgan fingerprint density at radius 2 is 2.00 bits per heavy atom. The lowest BCUT2D eigenvalue weighted by Gasteiger charge is -2.30. The number of hydrogen-bond donors (Lipinski definition) is 0. The van der Waals surface area contributed by atoms with E-state index in [4.69, 9.17) is 16.3 Å². The summed E-state index contributed by atoms with van der Waals surface area (Å²) in [6.07, 6.45) is 5.01. The van der Waals surface area contributed by atoms with Gasteiger partial charge in [-0.25, -0.2) is 0 Å². The zero-order valence-corrected chi connectivity index (χ0v) is 13.5. The molecule has 0 atom stereocenters. The first-order valence-corrected chi connectivity index (χ1v) is 8.14. The molecule has 20 heavy (non-hydrogen) atoms. The monoisotopic (exact) mass is 295 g/mol. The summed E-state index contributed by atoms with van der Waals surface area (Å²) in [4.78, 5) is 2.58. The van der Waals surface area contributed by atoms with E-state index in [1.165, 1.54) is 44.5 Å². The van der Waals surface area contributed by atoms with Crippen molar-refractivity contribution in [2.45, 2.75) is 39.5 Å². The van der Waals surface area contributed by atoms with Crippen molar-refractivity contribution in [2.24, 2.45) is 5.92 Å². The average Bonchev–Trinajstić information content (AvgIpc) is 2.44. The highest BCUT2D eigenvalue weighted by Gasteiger charge is 2.14. The quantitative estimate of drug-likeness (QED) is 0.715. The van der Waals surface area contributed by atoms with Crippen molar-refractivity contribution < 1.29 is 4.74 Å². The molecule has 1 fully saturated rings. The molecule has 0 amide bonds. The fourth-order valence-electron chi connectivity index (χ4n) is 2.63. The Kier molecular flexibility index (Phi) is 6.18. The van der Waals surface area contributed by atoms with E-state index in [1.54, 1.807) is 0 Å². The van der Waals surface area contributed by atoms with E-state index in [2.05, 4.69) is 18.7 Å². The molecule has 1 aliphatic rings. The number of nitrogens with zero attached hydrogens (tertiary/aromatic N) is 1. The molecule has 1 aliphatic heterocycles. The lowest BCUT2D eigenvalue weighted by Crippen LogP contribution is -2.33. The maximum Gasteiger partial charge on any atom is 0.138 e. The molecule has 0 bridgehead atoms. The van der Waals surface area contributed by atoms with Crippen molar-refractivity contribution >= 4 is 11.6 Å². The first kappa shape index (κ1) is 15.7. The molecule has 1 aromatic carbocycles. The Bertz CT molecular complexity index is 413. The summed E-state index contributed by atoms with van der Waals surface area (Å²) >= 11 is 6.11. The molecule has 1 aromatic rings. The van der Waals surface area contributed by atoms with Gasteiger partial charge in [-0.1, -0.05) is 24.6 Å². The molecule has 0 aromatic heterocycles. The molecule has 0 aliphatic carbocycles. The highest BCUT2D eigenvalue weighted by molar-refractivity contribution is 6.32. The Hall–Kier alpha value is -0.730. The number of likely N-dealkylation sites (tertiary alicyclic amines) is 1. The van der Waals surface area contributed by atoms with Gasteiger partial charge in [0.1, 0.15) is 5.75 Å². The average molecular weight is 296 g/mol. The largest absolute Gasteiger partial charge is 0.492 e. The second-order valence-corrected chi connectivity index (χ2v) is 6.42. The zero-order valence-electron chi connectivity index (χ0n) is 12.7. The van der Waals surface area contributed by atoms with Gasteiger partial charge in [0.15, 0.2) is 0 Å². The van der Waals surface area contributed by atoms with E-state index in [9.17, 15) is 0 Å². The molecule has 0 spiro atoms. The molecule has 0 unspecified atom stereocenters. The molecular formula is C17H26ClNO. The van der Waals surface area contributed by atoms with Gasteiger partial charge in [0.05, 0.1) is 11.6 Å². The van der Waals surface area contributed by atoms with Crippen molar-refractivity contribution in [2.75, 3.05) is 26.2 Å². The molecule has 0 N–H and O–H groups in total. The van der Waals surface area contributed by atoms with Crippen LogP contribution in [0, 0.1) is 12.8 Å². The number of rotatable bonds is 6. The fraction of sp³-hybridized carbons (Fsp3) is 0.647. The number of aryl methyl sites for hydroxylation is 1. The number of ether oxygens (including phenoxy) is 1. The highest BCUT2D eigenvalue weighted by Crippen LogP contribution is 2.25. The molecular weight excluding hydrogens is 270 g/mol. The number of halogens is 1. The van der Waals surface area contributed by atoms with Gasteiger partial charge in [0.2, 0.25) is 0 Å². The Morgan fingerprint density at radius 3 is 2.75 bits per heavy atom. The van der Waals surface area contributed by atoms with Gasteiger partial charge >= 0.3 is 0 Å². The molecule has 2 rings (SSSR count). The number of benzene rings is 1. The van der Waals surface area contributed by atoms with Crippen LogP contribution in [0.15, 0.2) is 18.2 Å². The first-order valence-electron chi connectivity index (χ1n) is 7.76. The van der Waals surface area contributed by atoms with Crippen LogP contribution in [0.1, 0.15) is 38.2 Å². The Morgan fingerprint density at radius 1 is 1.25 bits per heavy atom. The van der Waals surface area contributed by atoms with Gasteiger partial charge < -0.3 is 9.64 Å². The predicted octanol–water partition coefficient (Wildman–Crippen LogP) is 4.54. The molecule has 3 heteroatoms. The van der Waals surface area contributed by atoms with Gasteiger partial charge in [-0.2, -0.15) is 0 Å². The maximum absolute atomic E-state index is 6.11. The standard InChI is InChI=1S/C17H26ClNO/c1-14-7-10-19(11-8-14)9-3-4-12-20-17-13-15(2)5-6-16(17)18/h5-6,13-14H,3-4,7-12H2,1-2H3. The van der Waals surface area contributed by atoms with Crippen LogP contribution in [0.5, 0.6) is 5.75 Å². The van der Waals surface area contributed by atoms with Gasteiger partial charge in [-0.15, -0.1) is 0 Å². The van der Waals surface area contributed by atoms with E-state index >= 15 is 0 Å². The van der Waals surface area contributed by atoms with Crippen LogP contribution >= 0.6 is 11.6 Å². The van der Waals surface area contributed by atoms with Crippen LogP contribution in [0.25, 0.3) is 0 Å². The molecule has 0 radical (unpaired) electrons. The van der Waals surface area contributed by atoms with Crippen LogP contribution in [0.2, 0.25) is 5.02 Å². The number of hydrogen-bond acceptors (Lipinski definition) is 2. The molecule has 0 saturated carbocycles. The SMILES string of the molecule is Cc1ccc(Cl)c(OCCCCN2CCC(C)CC2)c1. The van der Waals surface area contributed by atoms with Crippen LogP contribution in [-0.4, -0.2) is 31.1 Å². The maximum atomic E-state index is 6.11. The van der Waals surface area contributed by atoms with Crippen LogP contribution < -0.4 is 4.74 Å². The summed E-state index contributed by atoms with van der Waals surface area (Å²) in [5.41, 5.74) is 1.19. The predicted molar refractivity (Wildman–Crippen MR) is 85.8 cm³/mol. The van der Waals surface area contributed by atoms with Crippen LogP contribution in [-0.2, 0) is 0 Å². The van der Waals surface area contributed by atoms with Crippen molar-refractivity contribution in [3.05, 3.63) is 28.8 Å². The third kappa shape index (κ3) is 4.99. The van der Waals surface area contributed by atoms with E-state index in [0.29, 0.717) is 5.02 Å². The number of unbranched alkanes of at least 4 members (excludes halogenated alkanes) is 1. The van der Waals surface area contributed by atoms with Gasteiger partial charge in [0.25, 0.3) is 0 Å². The summed E-state index contributed by atoms with van der Waals surface area (Å²) in [6.45, 7) is 8.92. The second-order valence-electron chi connectivity index (χ2n) is 6.01. The third-order valence-corrected chi connectivity index (χ3v) is 4.40. The summed E-state index contributed by atoms with van der Waals surface area (Å²) in [7, 11) is 0. The van der Waals surface area contributed by atoms with Crippen molar-refractivity contribution in [1.29, 1.82) is 0 Å². The third-order valence-electron chi connectivity index (χ3n) is 4.09. The topological polar surface area (TPSA) is 12.5 Å². The fourth-order valence-corrected chi connectivity index (χ4v) is 2.80. The summed E-state index contributed by atoms with van der Waals surface area (Å²) in [5, 5.41) is 0.709. The van der Waals surface area contributed by atoms with Crippen molar-refractivity contribution in [1.82, 2.24) is 4.90 Å². The molecule has 112 valence electrons. The summed E-state index contributed by atoms with van der Waals surface area (Å²) in [5.74, 6) is 1.73. The number of piperidine rings is 1. The van der Waals surface area contributed by atoms with Crippen molar-refractivity contribution in [3.63, 3.8) is 0 Å². The Labute approximate surface area is 128 Å². The van der Waals surface area contributed by atoms with Gasteiger partial charge in [-0.05, 0) is 75.9 Å². The Balaban J connectivity index is 1.61. The van der Waals surface area contributed by atoms with Gasteiger partial charge in [-0.3, -0.25) is 0 Å². The summed E-state index contributed by atoms with van der Waals surface area (Å²) in [6, 6.07) is 5.92. The van der Waals surface area contributed by atoms with Crippen LogP contribution in [0.3, 0.4) is 0 Å². The minimum absolute atomic E-state index is 0.709. The minimum Gasteiger partial charge on any atom is -0.492 e. The van der Waals surface area contributed by atoms with Gasteiger partial charge in [0, 0.05) is 0 Å². The normalized spacial score (nSPS) is 17.4. The lowest BCUT2D eigenvalue weighted by atomic mass is 9.99. The molecule has 2 nitrogen and oxygen atoms in total. The smallest absolute Gasteiger partial charge is 0.138 e. The van der Waals surface area contributed by atoms with E-state index in [0.717, 1.165) is 24.7 Å². The molecule has 1 heterocycles. The van der Waals surface area contributed by atoms with Crippen molar-refractivity contribution in [3.8, 4) is 5.75 Å². The van der Waals surface area contributed by atoms with E-state index in [-0.39, 0.29) is 0 Å². The van der Waals surface area contributed by atoms with E-state index < -0.39 is 0 Å². The summed E-state index contributed by atoms with van der Waals surface area (Å²) < 4.78 is 5.77. The van der Waals surface area contributed by atoms with Crippen LogP contribution in [0.4, 0.5) is 0 Å². The first-order chi connectivity index (χ1) is 9.65. The lowest BCUT2D eigenvalue weighted by molar-refractivity contribution is 0.185. The zero-order chi connectivity index (χ0) is 14.4. The second kappa shape index (κ2) is 7.90. The highest BCUT2D eigenvalue weighted by atomic mass is 35.5. The van der Waals surface area contributed by atoms with E-state index in [1.807, 2.05) is 18.2 Å². The minimum atomic E-state index is 0.709.